The van der Waals surface area contributed by atoms with Crippen LogP contribution in [-0.2, 0) is 4.79 Å². The summed E-state index contributed by atoms with van der Waals surface area (Å²) in [6, 6.07) is 1.98. The van der Waals surface area contributed by atoms with Gasteiger partial charge >= 0.3 is 0 Å². The number of hydrogen-bond donors (Lipinski definition) is 2. The summed E-state index contributed by atoms with van der Waals surface area (Å²) < 4.78 is 5.34. The van der Waals surface area contributed by atoms with Gasteiger partial charge in [0.05, 0.1) is 13.0 Å². The molecule has 1 atom stereocenters. The van der Waals surface area contributed by atoms with Crippen molar-refractivity contribution in [1.82, 2.24) is 5.32 Å². The summed E-state index contributed by atoms with van der Waals surface area (Å²) in [6.45, 7) is 7.74. The maximum Gasteiger partial charge on any atom is 0.228 e. The first kappa shape index (κ1) is 13.9. The Hall–Kier alpha value is -1.55. The van der Waals surface area contributed by atoms with Crippen LogP contribution in [0.25, 0.3) is 0 Å². The standard InChI is InChI=1S/C15H22N2O2/c1-9-7-13(19-4)10(2)11(3)14(9)17-15(18)12-5-6-16-8-12/h7,12,16H,5-6,8H2,1-4H3,(H,17,18). The zero-order valence-corrected chi connectivity index (χ0v) is 12.1. The van der Waals surface area contributed by atoms with E-state index in [4.69, 9.17) is 4.74 Å². The van der Waals surface area contributed by atoms with Gasteiger partial charge in [0.1, 0.15) is 5.75 Å². The molecule has 0 bridgehead atoms. The number of carbonyl (C=O) groups excluding carboxylic acids is 1. The van der Waals surface area contributed by atoms with Crippen LogP contribution >= 0.6 is 0 Å². The summed E-state index contributed by atoms with van der Waals surface area (Å²) in [5.74, 6) is 1.07. The van der Waals surface area contributed by atoms with Gasteiger partial charge in [-0.2, -0.15) is 0 Å². The summed E-state index contributed by atoms with van der Waals surface area (Å²) in [6.07, 6.45) is 0.916. The molecule has 1 fully saturated rings. The summed E-state index contributed by atoms with van der Waals surface area (Å²) in [4.78, 5) is 12.2. The third-order valence-electron chi connectivity index (χ3n) is 3.95. The molecular formula is C15H22N2O2. The Bertz CT molecular complexity index is 491. The quantitative estimate of drug-likeness (QED) is 0.877. The fraction of sp³-hybridized carbons (Fsp3) is 0.533. The van der Waals surface area contributed by atoms with Crippen LogP contribution in [0, 0.1) is 26.7 Å². The minimum atomic E-state index is 0.0845. The Kier molecular flexibility index (Phi) is 4.10. The minimum absolute atomic E-state index is 0.0845. The number of anilines is 1. The molecule has 1 aromatic rings. The summed E-state index contributed by atoms with van der Waals surface area (Å²) in [5, 5.41) is 6.30. The number of hydrogen-bond acceptors (Lipinski definition) is 3. The van der Waals surface area contributed by atoms with Crippen molar-refractivity contribution in [2.24, 2.45) is 5.92 Å². The van der Waals surface area contributed by atoms with E-state index in [9.17, 15) is 4.79 Å². The largest absolute Gasteiger partial charge is 0.496 e. The molecule has 0 aromatic heterocycles. The van der Waals surface area contributed by atoms with Gasteiger partial charge in [-0.15, -0.1) is 0 Å². The Labute approximate surface area is 114 Å². The number of nitrogens with one attached hydrogen (secondary N) is 2. The number of benzene rings is 1. The van der Waals surface area contributed by atoms with Crippen molar-refractivity contribution in [1.29, 1.82) is 0 Å². The molecule has 104 valence electrons. The van der Waals surface area contributed by atoms with E-state index in [1.54, 1.807) is 7.11 Å². The second-order valence-electron chi connectivity index (χ2n) is 5.20. The van der Waals surface area contributed by atoms with Crippen molar-refractivity contribution in [2.75, 3.05) is 25.5 Å². The molecule has 1 saturated heterocycles. The van der Waals surface area contributed by atoms with E-state index in [1.807, 2.05) is 26.8 Å². The maximum absolute atomic E-state index is 12.2. The van der Waals surface area contributed by atoms with E-state index < -0.39 is 0 Å². The van der Waals surface area contributed by atoms with Crippen molar-refractivity contribution in [3.05, 3.63) is 22.8 Å². The molecule has 19 heavy (non-hydrogen) atoms. The van der Waals surface area contributed by atoms with E-state index in [2.05, 4.69) is 10.6 Å². The summed E-state index contributed by atoms with van der Waals surface area (Å²) >= 11 is 0. The third-order valence-corrected chi connectivity index (χ3v) is 3.95. The molecule has 0 radical (unpaired) electrons. The van der Waals surface area contributed by atoms with Gasteiger partial charge in [0.25, 0.3) is 0 Å². The molecule has 1 unspecified atom stereocenters. The first-order valence-electron chi connectivity index (χ1n) is 6.71. The van der Waals surface area contributed by atoms with Gasteiger partial charge in [0.2, 0.25) is 5.91 Å². The Morgan fingerprint density at radius 2 is 2.11 bits per heavy atom. The summed E-state index contributed by atoms with van der Waals surface area (Å²) in [7, 11) is 1.67. The lowest BCUT2D eigenvalue weighted by Crippen LogP contribution is -2.25. The van der Waals surface area contributed by atoms with Crippen LogP contribution in [0.4, 0.5) is 5.69 Å². The smallest absolute Gasteiger partial charge is 0.228 e. The maximum atomic E-state index is 12.2. The zero-order valence-electron chi connectivity index (χ0n) is 12.1. The molecular weight excluding hydrogens is 240 g/mol. The van der Waals surface area contributed by atoms with Crippen LogP contribution < -0.4 is 15.4 Å². The fourth-order valence-corrected chi connectivity index (χ4v) is 2.55. The molecule has 2 rings (SSSR count). The van der Waals surface area contributed by atoms with E-state index >= 15 is 0 Å². The number of carbonyl (C=O) groups is 1. The minimum Gasteiger partial charge on any atom is -0.496 e. The first-order valence-corrected chi connectivity index (χ1v) is 6.71. The van der Waals surface area contributed by atoms with Gasteiger partial charge in [-0.25, -0.2) is 0 Å². The van der Waals surface area contributed by atoms with Gasteiger partial charge in [-0.1, -0.05) is 0 Å². The predicted octanol–water partition coefficient (Wildman–Crippen LogP) is 2.17. The van der Waals surface area contributed by atoms with Gasteiger partial charge in [-0.3, -0.25) is 4.79 Å². The van der Waals surface area contributed by atoms with Gasteiger partial charge in [0, 0.05) is 12.2 Å². The van der Waals surface area contributed by atoms with Crippen LogP contribution in [0.2, 0.25) is 0 Å². The molecule has 4 nitrogen and oxygen atoms in total. The highest BCUT2D eigenvalue weighted by Gasteiger charge is 2.23. The van der Waals surface area contributed by atoms with Gasteiger partial charge in [-0.05, 0) is 56.5 Å². The van der Waals surface area contributed by atoms with Crippen LogP contribution in [0.5, 0.6) is 5.75 Å². The number of methoxy groups -OCH3 is 1. The molecule has 2 N–H and O–H groups in total. The number of ether oxygens (including phenoxy) is 1. The molecule has 0 aliphatic carbocycles. The molecule has 1 aliphatic rings. The lowest BCUT2D eigenvalue weighted by Gasteiger charge is -2.18. The molecule has 1 amide bonds. The van der Waals surface area contributed by atoms with Crippen molar-refractivity contribution in [3.63, 3.8) is 0 Å². The molecule has 0 saturated carbocycles. The van der Waals surface area contributed by atoms with Crippen molar-refractivity contribution in [3.8, 4) is 5.75 Å². The topological polar surface area (TPSA) is 50.4 Å². The lowest BCUT2D eigenvalue weighted by atomic mass is 10.0. The van der Waals surface area contributed by atoms with Crippen molar-refractivity contribution >= 4 is 11.6 Å². The Balaban J connectivity index is 2.24. The van der Waals surface area contributed by atoms with Crippen molar-refractivity contribution in [2.45, 2.75) is 27.2 Å². The summed E-state index contributed by atoms with van der Waals surface area (Å²) in [5.41, 5.74) is 4.12. The van der Waals surface area contributed by atoms with Crippen LogP contribution in [0.3, 0.4) is 0 Å². The second kappa shape index (κ2) is 5.61. The highest BCUT2D eigenvalue weighted by atomic mass is 16.5. The highest BCUT2D eigenvalue weighted by molar-refractivity contribution is 5.94. The SMILES string of the molecule is COc1cc(C)c(NC(=O)C2CCNC2)c(C)c1C. The van der Waals surface area contributed by atoms with E-state index in [-0.39, 0.29) is 11.8 Å². The van der Waals surface area contributed by atoms with Crippen LogP contribution in [-0.4, -0.2) is 26.1 Å². The van der Waals surface area contributed by atoms with Crippen LogP contribution in [0.1, 0.15) is 23.1 Å². The monoisotopic (exact) mass is 262 g/mol. The number of amides is 1. The van der Waals surface area contributed by atoms with Gasteiger partial charge < -0.3 is 15.4 Å². The van der Waals surface area contributed by atoms with Crippen LogP contribution in [0.15, 0.2) is 6.07 Å². The molecule has 1 heterocycles. The first-order chi connectivity index (χ1) is 9.04. The van der Waals surface area contributed by atoms with Crippen molar-refractivity contribution < 1.29 is 9.53 Å². The second-order valence-corrected chi connectivity index (χ2v) is 5.20. The van der Waals surface area contributed by atoms with E-state index in [0.717, 1.165) is 47.6 Å². The predicted molar refractivity (Wildman–Crippen MR) is 76.8 cm³/mol. The average Bonchev–Trinajstić information content (AvgIpc) is 2.92. The van der Waals surface area contributed by atoms with Gasteiger partial charge in [0.15, 0.2) is 0 Å². The fourth-order valence-electron chi connectivity index (χ4n) is 2.55. The van der Waals surface area contributed by atoms with E-state index in [0.29, 0.717) is 0 Å². The molecule has 1 aromatic carbocycles. The normalized spacial score (nSPS) is 18.4. The average molecular weight is 262 g/mol. The lowest BCUT2D eigenvalue weighted by molar-refractivity contribution is -0.119. The Morgan fingerprint density at radius 3 is 2.68 bits per heavy atom. The highest BCUT2D eigenvalue weighted by Crippen LogP contribution is 2.31. The molecule has 1 aliphatic heterocycles. The van der Waals surface area contributed by atoms with E-state index in [1.165, 1.54) is 0 Å². The Morgan fingerprint density at radius 1 is 1.37 bits per heavy atom. The molecule has 0 spiro atoms. The number of rotatable bonds is 3. The third kappa shape index (κ3) is 2.73. The number of aryl methyl sites for hydroxylation is 1. The zero-order chi connectivity index (χ0) is 14.0. The molecule has 4 heteroatoms.